The fourth-order valence-corrected chi connectivity index (χ4v) is 1.25. The minimum Gasteiger partial charge on any atom is -0.396 e. The van der Waals surface area contributed by atoms with Gasteiger partial charge in [-0.2, -0.15) is 0 Å². The van der Waals surface area contributed by atoms with Crippen LogP contribution in [0.1, 0.15) is 6.92 Å². The summed E-state index contributed by atoms with van der Waals surface area (Å²) in [4.78, 5) is 11.4. The molecule has 0 aromatic heterocycles. The van der Waals surface area contributed by atoms with Crippen LogP contribution >= 0.6 is 0 Å². The molecule has 1 amide bonds. The predicted octanol–water partition coefficient (Wildman–Crippen LogP) is 0.982. The number of benzene rings is 1. The minimum absolute atomic E-state index is 0.0714. The molecular formula is C12H17FN2O2. The number of rotatable bonds is 6. The van der Waals surface area contributed by atoms with Gasteiger partial charge in [-0.3, -0.25) is 4.79 Å². The quantitative estimate of drug-likeness (QED) is 0.694. The van der Waals surface area contributed by atoms with Crippen LogP contribution in [-0.4, -0.2) is 30.7 Å². The van der Waals surface area contributed by atoms with Crippen molar-refractivity contribution in [2.24, 2.45) is 5.92 Å². The number of carbonyl (C=O) groups excluding carboxylic acids is 1. The summed E-state index contributed by atoms with van der Waals surface area (Å²) in [5.74, 6) is -0.666. The van der Waals surface area contributed by atoms with E-state index in [1.165, 1.54) is 12.1 Å². The van der Waals surface area contributed by atoms with Crippen LogP contribution in [0.4, 0.5) is 10.1 Å². The zero-order valence-electron chi connectivity index (χ0n) is 9.74. The number of para-hydroxylation sites is 1. The van der Waals surface area contributed by atoms with Crippen molar-refractivity contribution in [2.75, 3.05) is 25.0 Å². The van der Waals surface area contributed by atoms with Gasteiger partial charge in [-0.1, -0.05) is 19.1 Å². The van der Waals surface area contributed by atoms with E-state index in [9.17, 15) is 9.18 Å². The van der Waals surface area contributed by atoms with Crippen molar-refractivity contribution in [3.63, 3.8) is 0 Å². The second-order valence-corrected chi connectivity index (χ2v) is 3.95. The van der Waals surface area contributed by atoms with Crippen molar-refractivity contribution in [1.29, 1.82) is 0 Å². The largest absolute Gasteiger partial charge is 0.396 e. The number of aliphatic hydroxyl groups is 1. The topological polar surface area (TPSA) is 61.4 Å². The van der Waals surface area contributed by atoms with Gasteiger partial charge in [-0.05, 0) is 18.1 Å². The molecule has 3 N–H and O–H groups in total. The second kappa shape index (κ2) is 6.98. The fourth-order valence-electron chi connectivity index (χ4n) is 1.25. The highest BCUT2D eigenvalue weighted by Crippen LogP contribution is 2.11. The van der Waals surface area contributed by atoms with E-state index < -0.39 is 5.82 Å². The van der Waals surface area contributed by atoms with Crippen LogP contribution in [0.15, 0.2) is 24.3 Å². The summed E-state index contributed by atoms with van der Waals surface area (Å²) in [6, 6.07) is 6.01. The molecule has 1 atom stereocenters. The highest BCUT2D eigenvalue weighted by atomic mass is 19.1. The number of anilines is 1. The molecule has 1 aromatic rings. The Morgan fingerprint density at radius 3 is 2.82 bits per heavy atom. The number of aliphatic hydroxyl groups excluding tert-OH is 1. The number of carbonyl (C=O) groups is 1. The van der Waals surface area contributed by atoms with Gasteiger partial charge in [0.2, 0.25) is 5.91 Å². The van der Waals surface area contributed by atoms with Crippen LogP contribution in [0, 0.1) is 11.7 Å². The first-order valence-electron chi connectivity index (χ1n) is 5.49. The van der Waals surface area contributed by atoms with E-state index in [-0.39, 0.29) is 30.7 Å². The van der Waals surface area contributed by atoms with E-state index in [0.29, 0.717) is 6.54 Å². The van der Waals surface area contributed by atoms with Crippen molar-refractivity contribution in [3.8, 4) is 0 Å². The third-order valence-electron chi connectivity index (χ3n) is 2.24. The molecule has 0 bridgehead atoms. The van der Waals surface area contributed by atoms with Crippen molar-refractivity contribution in [2.45, 2.75) is 6.92 Å². The molecule has 94 valence electrons. The van der Waals surface area contributed by atoms with Gasteiger partial charge in [-0.25, -0.2) is 4.39 Å². The standard InChI is InChI=1S/C12H17FN2O2/c1-9(8-16)6-14-7-12(17)15-11-5-3-2-4-10(11)13/h2-5,9,14,16H,6-8H2,1H3,(H,15,17). The molecule has 1 unspecified atom stereocenters. The average Bonchev–Trinajstić information content (AvgIpc) is 2.32. The maximum Gasteiger partial charge on any atom is 0.238 e. The Bertz CT molecular complexity index is 371. The summed E-state index contributed by atoms with van der Waals surface area (Å²) in [5.41, 5.74) is 0.175. The van der Waals surface area contributed by atoms with Crippen LogP contribution in [-0.2, 0) is 4.79 Å². The highest BCUT2D eigenvalue weighted by Gasteiger charge is 2.06. The number of halogens is 1. The lowest BCUT2D eigenvalue weighted by Crippen LogP contribution is -2.32. The summed E-state index contributed by atoms with van der Waals surface area (Å²) < 4.78 is 13.2. The minimum atomic E-state index is -0.454. The fraction of sp³-hybridized carbons (Fsp3) is 0.417. The lowest BCUT2D eigenvalue weighted by Gasteiger charge is -2.10. The molecule has 0 heterocycles. The molecule has 0 fully saturated rings. The van der Waals surface area contributed by atoms with Crippen molar-refractivity contribution in [3.05, 3.63) is 30.1 Å². The Morgan fingerprint density at radius 1 is 1.47 bits per heavy atom. The maximum absolute atomic E-state index is 13.2. The van der Waals surface area contributed by atoms with Crippen molar-refractivity contribution >= 4 is 11.6 Å². The SMILES string of the molecule is CC(CO)CNCC(=O)Nc1ccccc1F. The van der Waals surface area contributed by atoms with Crippen LogP contribution in [0.2, 0.25) is 0 Å². The summed E-state index contributed by atoms with van der Waals surface area (Å²) in [5, 5.41) is 14.1. The van der Waals surface area contributed by atoms with Gasteiger partial charge in [0.25, 0.3) is 0 Å². The molecule has 0 aliphatic carbocycles. The average molecular weight is 240 g/mol. The first kappa shape index (κ1) is 13.6. The van der Waals surface area contributed by atoms with Crippen molar-refractivity contribution in [1.82, 2.24) is 5.32 Å². The third kappa shape index (κ3) is 4.93. The van der Waals surface area contributed by atoms with Gasteiger partial charge in [-0.15, -0.1) is 0 Å². The van der Waals surface area contributed by atoms with Gasteiger partial charge in [0.15, 0.2) is 0 Å². The van der Waals surface area contributed by atoms with Gasteiger partial charge < -0.3 is 15.7 Å². The normalized spacial score (nSPS) is 12.2. The molecular weight excluding hydrogens is 223 g/mol. The molecule has 0 radical (unpaired) electrons. The van der Waals surface area contributed by atoms with Gasteiger partial charge in [0, 0.05) is 13.2 Å². The molecule has 4 nitrogen and oxygen atoms in total. The number of hydrogen-bond acceptors (Lipinski definition) is 3. The molecule has 0 saturated carbocycles. The van der Waals surface area contributed by atoms with E-state index >= 15 is 0 Å². The smallest absolute Gasteiger partial charge is 0.238 e. The summed E-state index contributed by atoms with van der Waals surface area (Å²) >= 11 is 0. The molecule has 0 spiro atoms. The van der Waals surface area contributed by atoms with Gasteiger partial charge >= 0.3 is 0 Å². The lowest BCUT2D eigenvalue weighted by molar-refractivity contribution is -0.115. The third-order valence-corrected chi connectivity index (χ3v) is 2.24. The van der Waals surface area contributed by atoms with Gasteiger partial charge in [0.05, 0.1) is 12.2 Å². The molecule has 1 rings (SSSR count). The zero-order valence-corrected chi connectivity index (χ0v) is 9.74. The second-order valence-electron chi connectivity index (χ2n) is 3.95. The van der Waals surface area contributed by atoms with E-state index in [2.05, 4.69) is 10.6 Å². The molecule has 0 aliphatic heterocycles. The van der Waals surface area contributed by atoms with Crippen molar-refractivity contribution < 1.29 is 14.3 Å². The van der Waals surface area contributed by atoms with E-state index in [4.69, 9.17) is 5.11 Å². The Kier molecular flexibility index (Phi) is 5.59. The molecule has 0 aliphatic rings. The number of amides is 1. The van der Waals surface area contributed by atoms with Crippen LogP contribution < -0.4 is 10.6 Å². The molecule has 0 saturated heterocycles. The molecule has 17 heavy (non-hydrogen) atoms. The number of nitrogens with one attached hydrogen (secondary N) is 2. The summed E-state index contributed by atoms with van der Waals surface area (Å²) in [6.07, 6.45) is 0. The predicted molar refractivity (Wildman–Crippen MR) is 64.1 cm³/mol. The summed E-state index contributed by atoms with van der Waals surface area (Å²) in [7, 11) is 0. The number of hydrogen-bond donors (Lipinski definition) is 3. The van der Waals surface area contributed by atoms with Crippen LogP contribution in [0.5, 0.6) is 0 Å². The van der Waals surface area contributed by atoms with E-state index in [1.54, 1.807) is 12.1 Å². The van der Waals surface area contributed by atoms with E-state index in [1.807, 2.05) is 6.92 Å². The molecule has 5 heteroatoms. The monoisotopic (exact) mass is 240 g/mol. The Balaban J connectivity index is 2.33. The first-order valence-corrected chi connectivity index (χ1v) is 5.49. The zero-order chi connectivity index (χ0) is 12.7. The van der Waals surface area contributed by atoms with E-state index in [0.717, 1.165) is 0 Å². The Hall–Kier alpha value is -1.46. The van der Waals surface area contributed by atoms with Crippen LogP contribution in [0.25, 0.3) is 0 Å². The summed E-state index contributed by atoms with van der Waals surface area (Å²) in [6.45, 7) is 2.57. The molecule has 1 aromatic carbocycles. The Morgan fingerprint density at radius 2 is 2.18 bits per heavy atom. The Labute approximate surface area is 99.8 Å². The maximum atomic E-state index is 13.2. The van der Waals surface area contributed by atoms with Gasteiger partial charge in [0.1, 0.15) is 5.82 Å². The van der Waals surface area contributed by atoms with Crippen LogP contribution in [0.3, 0.4) is 0 Å². The lowest BCUT2D eigenvalue weighted by atomic mass is 10.2. The first-order chi connectivity index (χ1) is 8.13. The highest BCUT2D eigenvalue weighted by molar-refractivity contribution is 5.92.